The second kappa shape index (κ2) is 25.8. The van der Waals surface area contributed by atoms with Gasteiger partial charge in [0.15, 0.2) is 5.79 Å². The molecule has 4 rings (SSSR count). The fraction of sp³-hybridized carbons (Fsp3) is 0.694. The van der Waals surface area contributed by atoms with Gasteiger partial charge in [-0.05, 0) is 71.3 Å². The van der Waals surface area contributed by atoms with E-state index < -0.39 is 116 Å². The summed E-state index contributed by atoms with van der Waals surface area (Å²) in [6.07, 6.45) is -1.01. The first-order valence-corrected chi connectivity index (χ1v) is 23.3. The van der Waals surface area contributed by atoms with Crippen LogP contribution in [0.25, 0.3) is 0 Å². The van der Waals surface area contributed by atoms with Crippen molar-refractivity contribution in [3.05, 3.63) is 71.9 Å². The van der Waals surface area contributed by atoms with Crippen LogP contribution in [0.2, 0.25) is 0 Å². The minimum Gasteiger partial charge on any atom is -0.469 e. The maximum atomic E-state index is 13.2. The molecule has 0 radical (unpaired) electrons. The highest BCUT2D eigenvalue weighted by molar-refractivity contribution is 5.82. The molecule has 18 heteroatoms. The van der Waals surface area contributed by atoms with E-state index in [2.05, 4.69) is 16.6 Å². The molecule has 4 aliphatic rings. The molecule has 18 nitrogen and oxygen atoms in total. The fourth-order valence-electron chi connectivity index (χ4n) is 8.88. The van der Waals surface area contributed by atoms with E-state index in [4.69, 9.17) is 18.9 Å². The Balaban J connectivity index is 1.43. The SMILES string of the molecule is C=C1C/C=C/CNC(=O)CC[C@]2(O)O[C@H](CC/C=C(/C)C[C@@H](/C=C/C[C@H]3O[C@H]([C@@H](O)[C@H](O)[C@@H](O)C[C@H]4O[C@H](CC(=O)OC)[C@@H](O)[C@H](O)[C@H]4O)C[C@@H]3C)OC(=O)/C=C/C(C)=C/C1)C[C@](C)(O)[C@H]2O. The first-order valence-electron chi connectivity index (χ1n) is 23.3. The zero-order valence-corrected chi connectivity index (χ0v) is 39.4. The lowest BCUT2D eigenvalue weighted by atomic mass is 9.81. The van der Waals surface area contributed by atoms with E-state index in [-0.39, 0.29) is 37.6 Å². The molecule has 3 fully saturated rings. The van der Waals surface area contributed by atoms with Crippen LogP contribution in [0.4, 0.5) is 0 Å². The van der Waals surface area contributed by atoms with Gasteiger partial charge in [0.2, 0.25) is 5.91 Å². The molecule has 0 unspecified atom stereocenters. The van der Waals surface area contributed by atoms with Gasteiger partial charge in [0.05, 0.1) is 55.8 Å². The summed E-state index contributed by atoms with van der Waals surface area (Å²) in [6, 6.07) is 0. The Morgan fingerprint density at radius 2 is 1.70 bits per heavy atom. The van der Waals surface area contributed by atoms with Gasteiger partial charge >= 0.3 is 11.9 Å². The van der Waals surface area contributed by atoms with Crippen molar-refractivity contribution in [1.82, 2.24) is 5.32 Å². The summed E-state index contributed by atoms with van der Waals surface area (Å²) in [5.74, 6) is -3.92. The maximum Gasteiger partial charge on any atom is 0.331 e. The zero-order chi connectivity index (χ0) is 49.6. The van der Waals surface area contributed by atoms with Crippen molar-refractivity contribution >= 4 is 17.8 Å². The van der Waals surface area contributed by atoms with Crippen LogP contribution < -0.4 is 5.32 Å². The molecule has 0 aliphatic carbocycles. The van der Waals surface area contributed by atoms with E-state index in [1.165, 1.54) is 13.0 Å². The van der Waals surface area contributed by atoms with Crippen molar-refractivity contribution in [2.75, 3.05) is 13.7 Å². The quantitative estimate of drug-likeness (QED) is 0.110. The molecule has 0 aromatic carbocycles. The molecule has 1 amide bonds. The van der Waals surface area contributed by atoms with Gasteiger partial charge in [0, 0.05) is 44.7 Å². The molecule has 0 aromatic heterocycles. The number of carbonyl (C=O) groups is 3. The van der Waals surface area contributed by atoms with E-state index in [1.807, 2.05) is 45.1 Å². The molecular formula is C49H75NO17. The summed E-state index contributed by atoms with van der Waals surface area (Å²) in [6.45, 7) is 11.4. The molecule has 16 atom stereocenters. The fourth-order valence-corrected chi connectivity index (χ4v) is 8.88. The molecule has 67 heavy (non-hydrogen) atoms. The van der Waals surface area contributed by atoms with Crippen molar-refractivity contribution < 1.29 is 84.0 Å². The third kappa shape index (κ3) is 16.8. The summed E-state index contributed by atoms with van der Waals surface area (Å²) >= 11 is 0. The number of ether oxygens (including phenoxy) is 5. The Morgan fingerprint density at radius 1 is 0.985 bits per heavy atom. The number of aliphatic hydroxyl groups is 9. The number of aliphatic hydroxyl groups excluding tert-OH is 7. The minimum absolute atomic E-state index is 0.0460. The lowest BCUT2D eigenvalue weighted by Gasteiger charge is -2.48. The lowest BCUT2D eigenvalue weighted by molar-refractivity contribution is -0.344. The van der Waals surface area contributed by atoms with Crippen molar-refractivity contribution in [1.29, 1.82) is 0 Å². The third-order valence-corrected chi connectivity index (χ3v) is 13.0. The molecule has 0 aromatic rings. The number of fused-ring (bicyclic) bond motifs is 2. The van der Waals surface area contributed by atoms with Gasteiger partial charge in [0.1, 0.15) is 42.7 Å². The third-order valence-electron chi connectivity index (χ3n) is 13.0. The minimum atomic E-state index is -2.16. The Labute approximate surface area is 393 Å². The van der Waals surface area contributed by atoms with Crippen LogP contribution in [0.5, 0.6) is 0 Å². The molecule has 378 valence electrons. The maximum absolute atomic E-state index is 13.2. The van der Waals surface area contributed by atoms with Crippen molar-refractivity contribution in [2.45, 2.75) is 195 Å². The van der Waals surface area contributed by atoms with E-state index >= 15 is 0 Å². The number of carbonyl (C=O) groups excluding carboxylic acids is 3. The highest BCUT2D eigenvalue weighted by atomic mass is 16.7. The molecule has 0 saturated carbocycles. The number of rotatable bonds is 10. The van der Waals surface area contributed by atoms with Gasteiger partial charge in [-0.1, -0.05) is 66.7 Å². The lowest BCUT2D eigenvalue weighted by Crippen LogP contribution is -2.63. The van der Waals surface area contributed by atoms with Crippen LogP contribution in [0.15, 0.2) is 71.9 Å². The van der Waals surface area contributed by atoms with E-state index in [1.54, 1.807) is 18.2 Å². The largest absolute Gasteiger partial charge is 0.469 e. The predicted octanol–water partition coefficient (Wildman–Crippen LogP) is 1.54. The number of amides is 1. The number of methoxy groups -OCH3 is 1. The second-order valence-electron chi connectivity index (χ2n) is 18.9. The van der Waals surface area contributed by atoms with Gasteiger partial charge in [-0.15, -0.1) is 0 Å². The van der Waals surface area contributed by atoms with Crippen LogP contribution in [0, 0.1) is 5.92 Å². The van der Waals surface area contributed by atoms with Crippen LogP contribution in [-0.4, -0.2) is 168 Å². The van der Waals surface area contributed by atoms with Gasteiger partial charge in [-0.2, -0.15) is 0 Å². The van der Waals surface area contributed by atoms with Gasteiger partial charge < -0.3 is 75.0 Å². The van der Waals surface area contributed by atoms with Crippen LogP contribution in [-0.2, 0) is 38.1 Å². The average molecular weight is 950 g/mol. The molecule has 10 N–H and O–H groups in total. The van der Waals surface area contributed by atoms with Crippen LogP contribution >= 0.6 is 0 Å². The van der Waals surface area contributed by atoms with Crippen molar-refractivity contribution in [2.24, 2.45) is 5.92 Å². The summed E-state index contributed by atoms with van der Waals surface area (Å²) in [7, 11) is 1.14. The number of hydrogen-bond donors (Lipinski definition) is 10. The monoisotopic (exact) mass is 950 g/mol. The van der Waals surface area contributed by atoms with E-state index in [9.17, 15) is 60.3 Å². The zero-order valence-electron chi connectivity index (χ0n) is 39.4. The van der Waals surface area contributed by atoms with Crippen LogP contribution in [0.1, 0.15) is 105 Å². The predicted molar refractivity (Wildman–Crippen MR) is 243 cm³/mol. The smallest absolute Gasteiger partial charge is 0.331 e. The number of hydrogen-bond acceptors (Lipinski definition) is 17. The average Bonchev–Trinajstić information content (AvgIpc) is 3.65. The summed E-state index contributed by atoms with van der Waals surface area (Å²) < 4.78 is 28.2. The van der Waals surface area contributed by atoms with Gasteiger partial charge in [0.25, 0.3) is 0 Å². The number of esters is 2. The molecule has 3 saturated heterocycles. The van der Waals surface area contributed by atoms with Gasteiger partial charge in [-0.3, -0.25) is 9.59 Å². The summed E-state index contributed by atoms with van der Waals surface area (Å²) in [5, 5.41) is 100. The van der Waals surface area contributed by atoms with Gasteiger partial charge in [-0.25, -0.2) is 4.79 Å². The first kappa shape index (κ1) is 56.0. The highest BCUT2D eigenvalue weighted by Gasteiger charge is 2.54. The van der Waals surface area contributed by atoms with Crippen molar-refractivity contribution in [3.8, 4) is 0 Å². The van der Waals surface area contributed by atoms with E-state index in [0.717, 1.165) is 23.8 Å². The number of nitrogens with one attached hydrogen (secondary N) is 1. The molecule has 0 spiro atoms. The molecule has 2 bridgehead atoms. The topological polar surface area (TPSA) is 291 Å². The highest BCUT2D eigenvalue weighted by Crippen LogP contribution is 2.39. The molecule has 4 aliphatic heterocycles. The van der Waals surface area contributed by atoms with Crippen LogP contribution in [0.3, 0.4) is 0 Å². The first-order chi connectivity index (χ1) is 31.5. The number of cyclic esters (lactones) is 1. The van der Waals surface area contributed by atoms with Crippen molar-refractivity contribution in [3.63, 3.8) is 0 Å². The second-order valence-corrected chi connectivity index (χ2v) is 18.9. The summed E-state index contributed by atoms with van der Waals surface area (Å²) in [4.78, 5) is 37.6. The standard InChI is InChI=1S/C49H75NO17/c1-28-11-7-8-22-50-39(52)20-21-49(62)47(60)48(5,61)27-33(67-49)14-9-12-30(3)23-32(64-40(53)19-18-29(2)17-16-28)13-10-15-35-31(4)24-36(65-35)43(56)42(55)34(51)25-37-44(57)46(59)45(58)38(66-37)26-41(54)63-6/h7-8,10,12-13,17-19,31-38,42-47,51,55-62H,1,9,11,14-16,20-27H2,2-6H3,(H,50,52)/b8-7+,13-10+,19-18+,29-17+,30-12-/t31-,32+,33+,34-,35+,36-,37+,38+,42+,43+,44-,45+,46+,47+,48-,49-/m0/s1. The summed E-state index contributed by atoms with van der Waals surface area (Å²) in [5.41, 5.74) is 0.912. The Kier molecular flexibility index (Phi) is 21.6. The van der Waals surface area contributed by atoms with E-state index in [0.29, 0.717) is 44.9 Å². The number of allylic oxidation sites excluding steroid dienone is 6. The Hall–Kier alpha value is -3.63. The Bertz CT molecular complexity index is 1810. The Morgan fingerprint density at radius 3 is 2.42 bits per heavy atom. The molecular weight excluding hydrogens is 875 g/mol. The normalized spacial score (nSPS) is 39.8. The molecule has 4 heterocycles.